The summed E-state index contributed by atoms with van der Waals surface area (Å²) in [5.74, 6) is -2.08. The number of halogens is 2. The normalized spacial score (nSPS) is 11.0. The maximum Gasteiger partial charge on any atom is 0.412 e. The van der Waals surface area contributed by atoms with E-state index in [0.29, 0.717) is 0 Å². The van der Waals surface area contributed by atoms with Gasteiger partial charge in [-0.05, 0) is 48.8 Å². The summed E-state index contributed by atoms with van der Waals surface area (Å²) in [6.45, 7) is 5.02. The van der Waals surface area contributed by atoms with Crippen LogP contribution < -0.4 is 5.32 Å². The second-order valence-electron chi connectivity index (χ2n) is 4.74. The van der Waals surface area contributed by atoms with Gasteiger partial charge in [-0.2, -0.15) is 0 Å². The molecular formula is C12H13BrFNO4. The number of carbonyl (C=O) groups excluding carboxylic acids is 1. The molecule has 7 heteroatoms. The highest BCUT2D eigenvalue weighted by atomic mass is 79.9. The molecule has 5 nitrogen and oxygen atoms in total. The molecule has 0 heterocycles. The van der Waals surface area contributed by atoms with Crippen LogP contribution in [0.15, 0.2) is 16.6 Å². The number of anilines is 1. The van der Waals surface area contributed by atoms with Gasteiger partial charge < -0.3 is 9.84 Å². The summed E-state index contributed by atoms with van der Waals surface area (Å²) >= 11 is 2.92. The van der Waals surface area contributed by atoms with Crippen molar-refractivity contribution in [2.45, 2.75) is 26.4 Å². The number of carboxylic acid groups (broad SMARTS) is 1. The molecule has 0 bridgehead atoms. The summed E-state index contributed by atoms with van der Waals surface area (Å²) in [6.07, 6.45) is -0.812. The summed E-state index contributed by atoms with van der Waals surface area (Å²) in [5, 5.41) is 11.2. The van der Waals surface area contributed by atoms with E-state index in [4.69, 9.17) is 9.84 Å². The second kappa shape index (κ2) is 5.56. The van der Waals surface area contributed by atoms with Crippen LogP contribution in [0.25, 0.3) is 0 Å². The minimum atomic E-state index is -1.35. The third-order valence-corrected chi connectivity index (χ3v) is 2.53. The number of ether oxygens (including phenoxy) is 1. The van der Waals surface area contributed by atoms with Crippen LogP contribution in [0, 0.1) is 5.82 Å². The highest BCUT2D eigenvalue weighted by Gasteiger charge is 2.20. The smallest absolute Gasteiger partial charge is 0.412 e. The lowest BCUT2D eigenvalue weighted by atomic mass is 10.1. The van der Waals surface area contributed by atoms with E-state index in [0.717, 1.165) is 6.07 Å². The molecule has 1 aromatic carbocycles. The summed E-state index contributed by atoms with van der Waals surface area (Å²) in [4.78, 5) is 22.5. The molecule has 0 radical (unpaired) electrons. The van der Waals surface area contributed by atoms with Crippen molar-refractivity contribution in [1.82, 2.24) is 0 Å². The molecule has 0 saturated carbocycles. The van der Waals surface area contributed by atoms with Crippen molar-refractivity contribution in [2.24, 2.45) is 0 Å². The van der Waals surface area contributed by atoms with Crippen molar-refractivity contribution in [1.29, 1.82) is 0 Å². The third-order valence-electron chi connectivity index (χ3n) is 1.93. The van der Waals surface area contributed by atoms with Crippen LogP contribution in [0.5, 0.6) is 0 Å². The highest BCUT2D eigenvalue weighted by molar-refractivity contribution is 9.10. The average Bonchev–Trinajstić information content (AvgIpc) is 2.19. The number of carbonyl (C=O) groups is 2. The zero-order valence-corrected chi connectivity index (χ0v) is 12.2. The molecule has 104 valence electrons. The molecule has 0 spiro atoms. The lowest BCUT2D eigenvalue weighted by Crippen LogP contribution is -2.27. The van der Waals surface area contributed by atoms with E-state index in [9.17, 15) is 14.0 Å². The van der Waals surface area contributed by atoms with E-state index in [2.05, 4.69) is 21.2 Å². The number of rotatable bonds is 2. The van der Waals surface area contributed by atoms with Crippen molar-refractivity contribution in [3.63, 3.8) is 0 Å². The van der Waals surface area contributed by atoms with E-state index in [1.165, 1.54) is 6.07 Å². The van der Waals surface area contributed by atoms with Gasteiger partial charge in [0.1, 0.15) is 11.4 Å². The monoisotopic (exact) mass is 333 g/mol. The largest absolute Gasteiger partial charge is 0.478 e. The van der Waals surface area contributed by atoms with Gasteiger partial charge in [-0.25, -0.2) is 14.0 Å². The fourth-order valence-electron chi connectivity index (χ4n) is 1.24. The predicted octanol–water partition coefficient (Wildman–Crippen LogP) is 3.63. The van der Waals surface area contributed by atoms with E-state index in [1.54, 1.807) is 20.8 Å². The number of aromatic carboxylic acids is 1. The van der Waals surface area contributed by atoms with Crippen LogP contribution >= 0.6 is 15.9 Å². The lowest BCUT2D eigenvalue weighted by molar-refractivity contribution is 0.0636. The molecule has 1 aromatic rings. The zero-order chi connectivity index (χ0) is 14.8. The highest BCUT2D eigenvalue weighted by Crippen LogP contribution is 2.25. The van der Waals surface area contributed by atoms with Crippen molar-refractivity contribution >= 4 is 33.7 Å². The van der Waals surface area contributed by atoms with Crippen molar-refractivity contribution in [2.75, 3.05) is 5.32 Å². The van der Waals surface area contributed by atoms with E-state index >= 15 is 0 Å². The molecule has 19 heavy (non-hydrogen) atoms. The van der Waals surface area contributed by atoms with Crippen LogP contribution in [0.3, 0.4) is 0 Å². The first-order valence-corrected chi connectivity index (χ1v) is 6.12. The summed E-state index contributed by atoms with van der Waals surface area (Å²) in [7, 11) is 0. The van der Waals surface area contributed by atoms with E-state index in [1.807, 2.05) is 0 Å². The van der Waals surface area contributed by atoms with Crippen LogP contribution in [0.4, 0.5) is 14.9 Å². The fourth-order valence-corrected chi connectivity index (χ4v) is 1.58. The molecule has 0 aromatic heterocycles. The first kappa shape index (κ1) is 15.4. The molecule has 0 aliphatic carbocycles. The standard InChI is InChI=1S/C12H13BrFNO4/c1-12(2,3)19-11(18)15-9-5-7(13)8(14)4-6(9)10(16)17/h4-5H,1-3H3,(H,15,18)(H,16,17). The molecule has 1 amide bonds. The molecule has 0 fully saturated rings. The maximum atomic E-state index is 13.3. The van der Waals surface area contributed by atoms with E-state index in [-0.39, 0.29) is 15.7 Å². The molecule has 1 rings (SSSR count). The molecule has 0 aliphatic heterocycles. The van der Waals surface area contributed by atoms with Crippen LogP contribution in [-0.4, -0.2) is 22.8 Å². The molecule has 0 aliphatic rings. The number of hydrogen-bond donors (Lipinski definition) is 2. The Bertz CT molecular complexity index is 525. The fraction of sp³-hybridized carbons (Fsp3) is 0.333. The number of benzene rings is 1. The van der Waals surface area contributed by atoms with Crippen LogP contribution in [0.1, 0.15) is 31.1 Å². The van der Waals surface area contributed by atoms with Crippen LogP contribution in [-0.2, 0) is 4.74 Å². The second-order valence-corrected chi connectivity index (χ2v) is 5.60. The van der Waals surface area contributed by atoms with Gasteiger partial charge in [-0.3, -0.25) is 5.32 Å². The number of nitrogens with one attached hydrogen (secondary N) is 1. The van der Waals surface area contributed by atoms with Gasteiger partial charge in [0.15, 0.2) is 0 Å². The SMILES string of the molecule is CC(C)(C)OC(=O)Nc1cc(Br)c(F)cc1C(=O)O. The minimum absolute atomic E-state index is 0.0450. The Hall–Kier alpha value is -1.63. The van der Waals surface area contributed by atoms with Gasteiger partial charge in [0, 0.05) is 0 Å². The van der Waals surface area contributed by atoms with Crippen molar-refractivity contribution < 1.29 is 23.8 Å². The zero-order valence-electron chi connectivity index (χ0n) is 10.6. The van der Waals surface area contributed by atoms with Gasteiger partial charge in [-0.15, -0.1) is 0 Å². The summed E-state index contributed by atoms with van der Waals surface area (Å²) in [5.41, 5.74) is -1.12. The summed E-state index contributed by atoms with van der Waals surface area (Å²) < 4.78 is 18.3. The Balaban J connectivity index is 3.03. The molecule has 0 saturated heterocycles. The third kappa shape index (κ3) is 4.51. The molecule has 0 atom stereocenters. The van der Waals surface area contributed by atoms with Gasteiger partial charge in [0.25, 0.3) is 0 Å². The average molecular weight is 334 g/mol. The number of amides is 1. The Morgan fingerprint density at radius 1 is 1.37 bits per heavy atom. The predicted molar refractivity (Wildman–Crippen MR) is 70.9 cm³/mol. The maximum absolute atomic E-state index is 13.3. The Morgan fingerprint density at radius 3 is 2.42 bits per heavy atom. The quantitative estimate of drug-likeness (QED) is 0.866. The number of carboxylic acids is 1. The van der Waals surface area contributed by atoms with Gasteiger partial charge in [-0.1, -0.05) is 0 Å². The molecule has 0 unspecified atom stereocenters. The minimum Gasteiger partial charge on any atom is -0.478 e. The first-order chi connectivity index (χ1) is 8.60. The topological polar surface area (TPSA) is 75.6 Å². The Labute approximate surface area is 117 Å². The van der Waals surface area contributed by atoms with Crippen molar-refractivity contribution in [3.8, 4) is 0 Å². The number of hydrogen-bond acceptors (Lipinski definition) is 3. The first-order valence-electron chi connectivity index (χ1n) is 5.32. The van der Waals surface area contributed by atoms with Crippen LogP contribution in [0.2, 0.25) is 0 Å². The van der Waals surface area contributed by atoms with Crippen molar-refractivity contribution in [3.05, 3.63) is 28.0 Å². The lowest BCUT2D eigenvalue weighted by Gasteiger charge is -2.20. The molecule has 2 N–H and O–H groups in total. The summed E-state index contributed by atoms with van der Waals surface area (Å²) in [6, 6.07) is 1.99. The Morgan fingerprint density at radius 2 is 1.95 bits per heavy atom. The van der Waals surface area contributed by atoms with Gasteiger partial charge in [0.2, 0.25) is 0 Å². The Kier molecular flexibility index (Phi) is 4.52. The molecular weight excluding hydrogens is 321 g/mol. The van der Waals surface area contributed by atoms with Gasteiger partial charge in [0.05, 0.1) is 15.7 Å². The van der Waals surface area contributed by atoms with Gasteiger partial charge >= 0.3 is 12.1 Å². The van der Waals surface area contributed by atoms with E-state index < -0.39 is 23.5 Å².